The van der Waals surface area contributed by atoms with E-state index >= 15 is 0 Å². The van der Waals surface area contributed by atoms with Crippen LogP contribution >= 0.6 is 0 Å². The van der Waals surface area contributed by atoms with Crippen LogP contribution < -0.4 is 5.56 Å². The Kier molecular flexibility index (Phi) is 5.54. The van der Waals surface area contributed by atoms with Crippen molar-refractivity contribution in [2.75, 3.05) is 0 Å². The van der Waals surface area contributed by atoms with E-state index in [4.69, 9.17) is 0 Å². The Bertz CT molecular complexity index is 1530. The van der Waals surface area contributed by atoms with Gasteiger partial charge in [-0.3, -0.25) is 9.59 Å². The highest BCUT2D eigenvalue weighted by atomic mass is 16.1. The van der Waals surface area contributed by atoms with Crippen molar-refractivity contribution >= 4 is 16.8 Å². The molecule has 10 heteroatoms. The minimum Gasteiger partial charge on any atom is -0.319 e. The third kappa shape index (κ3) is 3.79. The number of imidazole rings is 1. The Labute approximate surface area is 194 Å². The molecule has 2 aromatic carbocycles. The molecule has 0 saturated heterocycles. The van der Waals surface area contributed by atoms with Crippen LogP contribution in [0.1, 0.15) is 41.6 Å². The number of carbonyl (C=O) groups is 1. The van der Waals surface area contributed by atoms with E-state index in [2.05, 4.69) is 35.8 Å². The first-order valence-electron chi connectivity index (χ1n) is 11.0. The number of hydrogen-bond acceptors (Lipinski definition) is 7. The zero-order valence-electron chi connectivity index (χ0n) is 18.7. The Hall–Kier alpha value is -4.47. The number of Topliss-reactive ketones (excluding diaryl/α,β-unsaturated/α-hetero) is 1. The maximum absolute atomic E-state index is 12.6. The molecule has 0 unspecified atom stereocenters. The molecular weight excluding hydrogens is 432 g/mol. The Morgan fingerprint density at radius 2 is 1.79 bits per heavy atom. The number of hydrogen-bond donors (Lipinski definition) is 2. The number of aryl methyl sites for hydroxylation is 1. The number of carbonyl (C=O) groups excluding carboxylic acids is 1. The average Bonchev–Trinajstić information content (AvgIpc) is 3.49. The molecule has 170 valence electrons. The number of rotatable bonds is 7. The van der Waals surface area contributed by atoms with Gasteiger partial charge in [0, 0.05) is 18.5 Å². The van der Waals surface area contributed by atoms with Gasteiger partial charge < -0.3 is 4.57 Å². The van der Waals surface area contributed by atoms with E-state index in [0.717, 1.165) is 22.3 Å². The van der Waals surface area contributed by atoms with Gasteiger partial charge in [0.05, 0.1) is 0 Å². The topological polar surface area (TPSA) is 135 Å². The van der Waals surface area contributed by atoms with E-state index in [1.165, 1.54) is 0 Å². The maximum atomic E-state index is 12.6. The van der Waals surface area contributed by atoms with Crippen molar-refractivity contribution in [1.82, 2.24) is 40.4 Å². The standard InChI is InChI=1S/C24H22N8O2/c1-3-6-19(33)20-21-22(24(34)29-26-20)32(14(2)25-21)13-15-9-11-16(12-10-15)17-7-4-5-8-18(17)23-27-30-31-28-23/h4-5,7-12H,3,6,13H2,1-2H3,(H,29,34)(H,27,28,30,31). The smallest absolute Gasteiger partial charge is 0.290 e. The summed E-state index contributed by atoms with van der Waals surface area (Å²) in [5, 5.41) is 20.8. The summed E-state index contributed by atoms with van der Waals surface area (Å²) in [6, 6.07) is 15.9. The van der Waals surface area contributed by atoms with Crippen molar-refractivity contribution in [2.24, 2.45) is 0 Å². The molecule has 0 amide bonds. The lowest BCUT2D eigenvalue weighted by Gasteiger charge is -2.10. The molecule has 3 heterocycles. The van der Waals surface area contributed by atoms with Gasteiger partial charge in [-0.05, 0) is 35.2 Å². The van der Waals surface area contributed by atoms with Crippen LogP contribution in [0.4, 0.5) is 0 Å². The van der Waals surface area contributed by atoms with Gasteiger partial charge in [-0.25, -0.2) is 10.1 Å². The van der Waals surface area contributed by atoms with Gasteiger partial charge in [0.2, 0.25) is 5.82 Å². The summed E-state index contributed by atoms with van der Waals surface area (Å²) in [7, 11) is 0. The quantitative estimate of drug-likeness (QED) is 0.360. The van der Waals surface area contributed by atoms with E-state index < -0.39 is 0 Å². The Morgan fingerprint density at radius 1 is 1.03 bits per heavy atom. The van der Waals surface area contributed by atoms with Gasteiger partial charge in [-0.1, -0.05) is 55.5 Å². The number of aromatic amines is 2. The van der Waals surface area contributed by atoms with E-state index in [9.17, 15) is 9.59 Å². The first-order valence-corrected chi connectivity index (χ1v) is 11.0. The summed E-state index contributed by atoms with van der Waals surface area (Å²) >= 11 is 0. The highest BCUT2D eigenvalue weighted by Crippen LogP contribution is 2.30. The number of ketones is 1. The van der Waals surface area contributed by atoms with Crippen LogP contribution in [0.2, 0.25) is 0 Å². The average molecular weight is 454 g/mol. The lowest BCUT2D eigenvalue weighted by Crippen LogP contribution is -2.17. The monoisotopic (exact) mass is 454 g/mol. The van der Waals surface area contributed by atoms with E-state index in [1.54, 1.807) is 0 Å². The molecule has 0 aliphatic heterocycles. The Balaban J connectivity index is 1.50. The van der Waals surface area contributed by atoms with Gasteiger partial charge in [0.1, 0.15) is 16.9 Å². The number of aromatic nitrogens is 8. The molecule has 10 nitrogen and oxygen atoms in total. The van der Waals surface area contributed by atoms with E-state index in [1.807, 2.05) is 66.9 Å². The molecule has 0 bridgehead atoms. The Morgan fingerprint density at radius 3 is 2.50 bits per heavy atom. The molecule has 3 aromatic heterocycles. The highest BCUT2D eigenvalue weighted by Gasteiger charge is 2.20. The van der Waals surface area contributed by atoms with Gasteiger partial charge in [0.15, 0.2) is 11.5 Å². The summed E-state index contributed by atoms with van der Waals surface area (Å²) < 4.78 is 1.82. The molecule has 0 aliphatic carbocycles. The minimum absolute atomic E-state index is 0.127. The first-order chi connectivity index (χ1) is 16.6. The fourth-order valence-electron chi connectivity index (χ4n) is 4.08. The lowest BCUT2D eigenvalue weighted by molar-refractivity contribution is 0.0977. The molecule has 5 rings (SSSR count). The second kappa shape index (κ2) is 8.81. The van der Waals surface area contributed by atoms with Gasteiger partial charge in [-0.2, -0.15) is 10.3 Å². The number of nitrogens with zero attached hydrogens (tertiary/aromatic N) is 6. The molecule has 0 atom stereocenters. The maximum Gasteiger partial charge on any atom is 0.290 e. The van der Waals surface area contributed by atoms with Gasteiger partial charge in [0.25, 0.3) is 5.56 Å². The summed E-state index contributed by atoms with van der Waals surface area (Å²) in [6.07, 6.45) is 1.05. The highest BCUT2D eigenvalue weighted by molar-refractivity contribution is 6.04. The van der Waals surface area contributed by atoms with Crippen molar-refractivity contribution in [3.8, 4) is 22.5 Å². The van der Waals surface area contributed by atoms with Crippen molar-refractivity contribution < 1.29 is 4.79 Å². The van der Waals surface area contributed by atoms with Gasteiger partial charge in [-0.15, -0.1) is 10.2 Å². The summed E-state index contributed by atoms with van der Waals surface area (Å²) in [6.45, 7) is 4.18. The van der Waals surface area contributed by atoms with Gasteiger partial charge >= 0.3 is 0 Å². The van der Waals surface area contributed by atoms with Crippen LogP contribution in [0, 0.1) is 6.92 Å². The third-order valence-corrected chi connectivity index (χ3v) is 5.73. The molecule has 0 fully saturated rings. The molecule has 0 saturated carbocycles. The van der Waals surface area contributed by atoms with Crippen molar-refractivity contribution in [3.05, 3.63) is 76.0 Å². The molecule has 0 spiro atoms. The molecular formula is C24H22N8O2. The fourth-order valence-corrected chi connectivity index (χ4v) is 4.08. The number of benzene rings is 2. The normalized spacial score (nSPS) is 11.2. The second-order valence-corrected chi connectivity index (χ2v) is 7.99. The third-order valence-electron chi connectivity index (χ3n) is 5.73. The molecule has 0 radical (unpaired) electrons. The SMILES string of the molecule is CCCC(=O)c1n[nH]c(=O)c2c1nc(C)n2Cc1ccc(-c2ccccc2-c2nn[nH]n2)cc1. The molecule has 5 aromatic rings. The predicted octanol–water partition coefficient (Wildman–Crippen LogP) is 3.31. The van der Waals surface area contributed by atoms with E-state index in [-0.39, 0.29) is 17.0 Å². The van der Waals surface area contributed by atoms with Crippen LogP contribution in [-0.4, -0.2) is 46.2 Å². The second-order valence-electron chi connectivity index (χ2n) is 7.99. The summed E-state index contributed by atoms with van der Waals surface area (Å²) in [5.41, 5.74) is 4.42. The van der Waals surface area contributed by atoms with Crippen molar-refractivity contribution in [2.45, 2.75) is 33.2 Å². The molecule has 0 aliphatic rings. The molecule has 2 N–H and O–H groups in total. The fraction of sp³-hybridized carbons (Fsp3) is 0.208. The number of fused-ring (bicyclic) bond motifs is 1. The number of H-pyrrole nitrogens is 2. The predicted molar refractivity (Wildman–Crippen MR) is 126 cm³/mol. The van der Waals surface area contributed by atoms with Crippen LogP contribution in [-0.2, 0) is 6.54 Å². The zero-order chi connectivity index (χ0) is 23.7. The van der Waals surface area contributed by atoms with E-state index in [0.29, 0.717) is 42.1 Å². The number of tetrazole rings is 1. The largest absolute Gasteiger partial charge is 0.319 e. The van der Waals surface area contributed by atoms with Crippen LogP contribution in [0.15, 0.2) is 53.3 Å². The van der Waals surface area contributed by atoms with Crippen LogP contribution in [0.5, 0.6) is 0 Å². The first kappa shape index (κ1) is 21.4. The summed E-state index contributed by atoms with van der Waals surface area (Å²) in [5.74, 6) is 1.05. The van der Waals surface area contributed by atoms with Crippen molar-refractivity contribution in [1.29, 1.82) is 0 Å². The number of nitrogens with one attached hydrogen (secondary N) is 2. The lowest BCUT2D eigenvalue weighted by atomic mass is 9.98. The minimum atomic E-state index is -0.366. The van der Waals surface area contributed by atoms with Crippen molar-refractivity contribution in [3.63, 3.8) is 0 Å². The van der Waals surface area contributed by atoms with Crippen LogP contribution in [0.25, 0.3) is 33.5 Å². The summed E-state index contributed by atoms with van der Waals surface area (Å²) in [4.78, 5) is 29.6. The van der Waals surface area contributed by atoms with Crippen LogP contribution in [0.3, 0.4) is 0 Å². The molecule has 34 heavy (non-hydrogen) atoms. The zero-order valence-corrected chi connectivity index (χ0v) is 18.7.